The van der Waals surface area contributed by atoms with E-state index in [4.69, 9.17) is 0 Å². The molecule has 1 atom stereocenters. The Labute approximate surface area is 91.8 Å². The Kier molecular flexibility index (Phi) is 3.40. The fourth-order valence-corrected chi connectivity index (χ4v) is 3.70. The maximum absolute atomic E-state index is 3.46. The number of piperidine rings is 1. The van der Waals surface area contributed by atoms with Gasteiger partial charge >= 0.3 is 0 Å². The molecule has 0 aromatic heterocycles. The molecule has 3 heteroatoms. The molecule has 0 aliphatic carbocycles. The molecule has 2 rings (SSSR count). The molecule has 14 heavy (non-hydrogen) atoms. The van der Waals surface area contributed by atoms with Crippen molar-refractivity contribution in [1.29, 1.82) is 0 Å². The zero-order valence-corrected chi connectivity index (χ0v) is 10.2. The highest BCUT2D eigenvalue weighted by Gasteiger charge is 2.32. The van der Waals surface area contributed by atoms with Crippen LogP contribution in [-0.4, -0.2) is 48.1 Å². The molecule has 1 unspecified atom stereocenters. The van der Waals surface area contributed by atoms with E-state index in [9.17, 15) is 0 Å². The van der Waals surface area contributed by atoms with Gasteiger partial charge in [0, 0.05) is 30.4 Å². The van der Waals surface area contributed by atoms with Crippen molar-refractivity contribution in [3.8, 4) is 0 Å². The van der Waals surface area contributed by atoms with Crippen LogP contribution in [0, 0.1) is 0 Å². The van der Waals surface area contributed by atoms with Gasteiger partial charge in [-0.05, 0) is 39.0 Å². The third-order valence-electron chi connectivity index (χ3n) is 3.93. The van der Waals surface area contributed by atoms with Crippen LogP contribution in [-0.2, 0) is 0 Å². The van der Waals surface area contributed by atoms with Crippen LogP contribution in [0.15, 0.2) is 0 Å². The molecule has 0 saturated carbocycles. The summed E-state index contributed by atoms with van der Waals surface area (Å²) in [7, 11) is 2.10. The summed E-state index contributed by atoms with van der Waals surface area (Å²) in [6.45, 7) is 4.94. The molecule has 0 bridgehead atoms. The Bertz CT molecular complexity index is 182. The molecule has 82 valence electrons. The van der Waals surface area contributed by atoms with Crippen LogP contribution < -0.4 is 5.32 Å². The molecule has 0 amide bonds. The van der Waals surface area contributed by atoms with E-state index in [0.29, 0.717) is 5.54 Å². The van der Waals surface area contributed by atoms with Crippen molar-refractivity contribution in [2.45, 2.75) is 37.8 Å². The summed E-state index contributed by atoms with van der Waals surface area (Å²) < 4.78 is 0. The quantitative estimate of drug-likeness (QED) is 0.751. The highest BCUT2D eigenvalue weighted by Crippen LogP contribution is 2.28. The third kappa shape index (κ3) is 2.26. The lowest BCUT2D eigenvalue weighted by Crippen LogP contribution is -2.52. The predicted octanol–water partition coefficient (Wildman–Crippen LogP) is 1.57. The van der Waals surface area contributed by atoms with Crippen molar-refractivity contribution < 1.29 is 0 Å². The van der Waals surface area contributed by atoms with Crippen LogP contribution in [0.5, 0.6) is 0 Å². The van der Waals surface area contributed by atoms with Gasteiger partial charge in [0.25, 0.3) is 0 Å². The maximum atomic E-state index is 3.46. The summed E-state index contributed by atoms with van der Waals surface area (Å²) in [4.78, 5) is 2.71. The SMILES string of the molecule is CNC1(C)CCN(C2CCSC2)CC1. The molecule has 2 nitrogen and oxygen atoms in total. The Morgan fingerprint density at radius 3 is 2.57 bits per heavy atom. The van der Waals surface area contributed by atoms with Crippen molar-refractivity contribution in [2.24, 2.45) is 0 Å². The molecule has 0 aromatic rings. The number of thioether (sulfide) groups is 1. The fraction of sp³-hybridized carbons (Fsp3) is 1.00. The molecule has 0 aromatic carbocycles. The molecule has 1 N–H and O–H groups in total. The van der Waals surface area contributed by atoms with Gasteiger partial charge < -0.3 is 5.32 Å². The zero-order chi connectivity index (χ0) is 10.0. The second kappa shape index (κ2) is 4.42. The van der Waals surface area contributed by atoms with Crippen molar-refractivity contribution in [3.63, 3.8) is 0 Å². The second-order valence-electron chi connectivity index (χ2n) is 4.86. The highest BCUT2D eigenvalue weighted by atomic mass is 32.2. The molecular weight excluding hydrogens is 192 g/mol. The lowest BCUT2D eigenvalue weighted by atomic mass is 9.89. The summed E-state index contributed by atoms with van der Waals surface area (Å²) in [6.07, 6.45) is 4.04. The van der Waals surface area contributed by atoms with Gasteiger partial charge in [0.05, 0.1) is 0 Å². The van der Waals surface area contributed by atoms with Crippen LogP contribution in [0.1, 0.15) is 26.2 Å². The second-order valence-corrected chi connectivity index (χ2v) is 6.01. The Morgan fingerprint density at radius 1 is 1.36 bits per heavy atom. The molecule has 2 aliphatic rings. The zero-order valence-electron chi connectivity index (χ0n) is 9.38. The van der Waals surface area contributed by atoms with Crippen LogP contribution in [0.4, 0.5) is 0 Å². The van der Waals surface area contributed by atoms with Crippen molar-refractivity contribution in [2.75, 3.05) is 31.6 Å². The first-order valence-corrected chi connectivity index (χ1v) is 6.90. The van der Waals surface area contributed by atoms with Crippen molar-refractivity contribution in [3.05, 3.63) is 0 Å². The maximum Gasteiger partial charge on any atom is 0.0194 e. The number of rotatable bonds is 2. The van der Waals surface area contributed by atoms with Crippen LogP contribution in [0.3, 0.4) is 0 Å². The molecule has 0 spiro atoms. The molecule has 0 radical (unpaired) electrons. The minimum Gasteiger partial charge on any atom is -0.314 e. The number of nitrogens with zero attached hydrogens (tertiary/aromatic N) is 1. The van der Waals surface area contributed by atoms with Crippen LogP contribution in [0.25, 0.3) is 0 Å². The van der Waals surface area contributed by atoms with Gasteiger partial charge in [-0.25, -0.2) is 0 Å². The summed E-state index contributed by atoms with van der Waals surface area (Å²) in [5.74, 6) is 2.75. The monoisotopic (exact) mass is 214 g/mol. The largest absolute Gasteiger partial charge is 0.314 e. The summed E-state index contributed by atoms with van der Waals surface area (Å²) >= 11 is 2.12. The Morgan fingerprint density at radius 2 is 2.07 bits per heavy atom. The summed E-state index contributed by atoms with van der Waals surface area (Å²) in [5, 5.41) is 3.46. The van der Waals surface area contributed by atoms with Gasteiger partial charge in [-0.3, -0.25) is 4.90 Å². The average molecular weight is 214 g/mol. The molecule has 2 saturated heterocycles. The van der Waals surface area contributed by atoms with E-state index >= 15 is 0 Å². The minimum absolute atomic E-state index is 0.405. The number of hydrogen-bond acceptors (Lipinski definition) is 3. The van der Waals surface area contributed by atoms with E-state index in [1.54, 1.807) is 0 Å². The van der Waals surface area contributed by atoms with Gasteiger partial charge in [0.1, 0.15) is 0 Å². The predicted molar refractivity (Wildman–Crippen MR) is 64.0 cm³/mol. The molecule has 2 aliphatic heterocycles. The number of nitrogens with one attached hydrogen (secondary N) is 1. The van der Waals surface area contributed by atoms with Crippen molar-refractivity contribution >= 4 is 11.8 Å². The summed E-state index contributed by atoms with van der Waals surface area (Å²) in [5.41, 5.74) is 0.405. The Hall–Kier alpha value is 0.270. The van der Waals surface area contributed by atoms with E-state index in [-0.39, 0.29) is 0 Å². The van der Waals surface area contributed by atoms with Crippen molar-refractivity contribution in [1.82, 2.24) is 10.2 Å². The van der Waals surface area contributed by atoms with E-state index < -0.39 is 0 Å². The van der Waals surface area contributed by atoms with Crippen LogP contribution >= 0.6 is 11.8 Å². The first-order valence-electron chi connectivity index (χ1n) is 5.74. The van der Waals surface area contributed by atoms with E-state index in [0.717, 1.165) is 6.04 Å². The fourth-order valence-electron chi connectivity index (χ4n) is 2.44. The smallest absolute Gasteiger partial charge is 0.0194 e. The van der Waals surface area contributed by atoms with E-state index in [1.807, 2.05) is 0 Å². The lowest BCUT2D eigenvalue weighted by Gasteiger charge is -2.41. The minimum atomic E-state index is 0.405. The molecule has 2 heterocycles. The first kappa shape index (κ1) is 10.8. The number of likely N-dealkylation sites (tertiary alicyclic amines) is 1. The first-order chi connectivity index (χ1) is 6.73. The van der Waals surface area contributed by atoms with E-state index in [1.165, 1.54) is 43.9 Å². The third-order valence-corrected chi connectivity index (χ3v) is 5.07. The van der Waals surface area contributed by atoms with Gasteiger partial charge in [-0.15, -0.1) is 0 Å². The van der Waals surface area contributed by atoms with Gasteiger partial charge in [0.2, 0.25) is 0 Å². The lowest BCUT2D eigenvalue weighted by molar-refractivity contribution is 0.120. The topological polar surface area (TPSA) is 15.3 Å². The number of hydrogen-bond donors (Lipinski definition) is 1. The van der Waals surface area contributed by atoms with Gasteiger partial charge in [-0.1, -0.05) is 0 Å². The summed E-state index contributed by atoms with van der Waals surface area (Å²) in [6, 6.07) is 0.890. The average Bonchev–Trinajstić information content (AvgIpc) is 2.72. The highest BCUT2D eigenvalue weighted by molar-refractivity contribution is 7.99. The molecule has 2 fully saturated rings. The van der Waals surface area contributed by atoms with Gasteiger partial charge in [-0.2, -0.15) is 11.8 Å². The molecular formula is C11H22N2S. The van der Waals surface area contributed by atoms with Gasteiger partial charge in [0.15, 0.2) is 0 Å². The van der Waals surface area contributed by atoms with Crippen LogP contribution in [0.2, 0.25) is 0 Å². The van der Waals surface area contributed by atoms with E-state index in [2.05, 4.69) is 35.9 Å². The normalized spacial score (nSPS) is 33.4. The standard InChI is InChI=1S/C11H22N2S/c1-11(12-2)4-6-13(7-5-11)10-3-8-14-9-10/h10,12H,3-9H2,1-2H3. The Balaban J connectivity index is 1.83.